The molecule has 1 amide bonds. The summed E-state index contributed by atoms with van der Waals surface area (Å²) in [6.07, 6.45) is -0.352. The summed E-state index contributed by atoms with van der Waals surface area (Å²) in [5, 5.41) is 10.8. The van der Waals surface area contributed by atoms with Crippen LogP contribution in [0, 0.1) is 6.92 Å². The van der Waals surface area contributed by atoms with E-state index in [0.29, 0.717) is 26.2 Å². The summed E-state index contributed by atoms with van der Waals surface area (Å²) in [5.74, 6) is 1.51. The number of fused-ring (bicyclic) bond motifs is 1. The molecule has 0 bridgehead atoms. The van der Waals surface area contributed by atoms with Gasteiger partial charge in [0.2, 0.25) is 0 Å². The van der Waals surface area contributed by atoms with Crippen molar-refractivity contribution in [1.82, 2.24) is 5.32 Å². The maximum Gasteiger partial charge on any atom is 0.404 e. The summed E-state index contributed by atoms with van der Waals surface area (Å²) in [4.78, 5) is 10.4. The van der Waals surface area contributed by atoms with Gasteiger partial charge in [0.1, 0.15) is 13.2 Å². The van der Waals surface area contributed by atoms with Crippen LogP contribution in [0.25, 0.3) is 0 Å². The first kappa shape index (κ1) is 11.6. The SMILES string of the molecule is Cc1cc2c(cc1CCNC(=O)O)OCCO2. The Bertz CT molecular complexity index is 431. The van der Waals surface area contributed by atoms with Gasteiger partial charge in [-0.1, -0.05) is 0 Å². The Labute approximate surface area is 99.3 Å². The molecule has 92 valence electrons. The van der Waals surface area contributed by atoms with Gasteiger partial charge in [0.25, 0.3) is 0 Å². The van der Waals surface area contributed by atoms with E-state index >= 15 is 0 Å². The predicted molar refractivity (Wildman–Crippen MR) is 61.9 cm³/mol. The minimum atomic E-state index is -1.000. The van der Waals surface area contributed by atoms with E-state index in [9.17, 15) is 4.79 Å². The summed E-state index contributed by atoms with van der Waals surface area (Å²) < 4.78 is 11.0. The lowest BCUT2D eigenvalue weighted by atomic mass is 10.0. The van der Waals surface area contributed by atoms with Crippen LogP contribution in [-0.2, 0) is 6.42 Å². The third kappa shape index (κ3) is 2.81. The molecule has 1 heterocycles. The second-order valence-electron chi connectivity index (χ2n) is 3.90. The third-order valence-corrected chi connectivity index (χ3v) is 2.67. The normalized spacial score (nSPS) is 13.2. The molecule has 0 spiro atoms. The van der Waals surface area contributed by atoms with Crippen molar-refractivity contribution >= 4 is 6.09 Å². The molecule has 1 aliphatic rings. The third-order valence-electron chi connectivity index (χ3n) is 2.67. The summed E-state index contributed by atoms with van der Waals surface area (Å²) in [7, 11) is 0. The minimum Gasteiger partial charge on any atom is -0.486 e. The lowest BCUT2D eigenvalue weighted by Crippen LogP contribution is -2.23. The molecule has 0 saturated heterocycles. The van der Waals surface area contributed by atoms with Gasteiger partial charge in [0.05, 0.1) is 0 Å². The zero-order chi connectivity index (χ0) is 12.3. The highest BCUT2D eigenvalue weighted by atomic mass is 16.6. The summed E-state index contributed by atoms with van der Waals surface area (Å²) in [6, 6.07) is 3.86. The number of hydrogen-bond acceptors (Lipinski definition) is 3. The molecule has 0 saturated carbocycles. The van der Waals surface area contributed by atoms with Crippen LogP contribution in [0.4, 0.5) is 4.79 Å². The average Bonchev–Trinajstić information content (AvgIpc) is 2.29. The number of aryl methyl sites for hydroxylation is 1. The first-order valence-electron chi connectivity index (χ1n) is 5.53. The average molecular weight is 237 g/mol. The highest BCUT2D eigenvalue weighted by molar-refractivity contribution is 5.64. The molecule has 0 aromatic heterocycles. The van der Waals surface area contributed by atoms with Gasteiger partial charge in [0.15, 0.2) is 11.5 Å². The molecule has 2 rings (SSSR count). The molecule has 1 aromatic carbocycles. The van der Waals surface area contributed by atoms with Crippen LogP contribution in [0.5, 0.6) is 11.5 Å². The molecule has 0 atom stereocenters. The topological polar surface area (TPSA) is 67.8 Å². The van der Waals surface area contributed by atoms with Gasteiger partial charge >= 0.3 is 6.09 Å². The molecule has 1 aromatic rings. The molecule has 0 unspecified atom stereocenters. The molecular weight excluding hydrogens is 222 g/mol. The van der Waals surface area contributed by atoms with E-state index in [-0.39, 0.29) is 0 Å². The van der Waals surface area contributed by atoms with E-state index in [1.54, 1.807) is 0 Å². The molecule has 0 radical (unpaired) electrons. The largest absolute Gasteiger partial charge is 0.486 e. The highest BCUT2D eigenvalue weighted by Crippen LogP contribution is 2.32. The quantitative estimate of drug-likeness (QED) is 0.837. The molecule has 1 aliphatic heterocycles. The van der Waals surface area contributed by atoms with Gasteiger partial charge in [-0.3, -0.25) is 0 Å². The highest BCUT2D eigenvalue weighted by Gasteiger charge is 2.13. The number of benzene rings is 1. The lowest BCUT2D eigenvalue weighted by Gasteiger charge is -2.20. The van der Waals surface area contributed by atoms with Crippen LogP contribution in [0.15, 0.2) is 12.1 Å². The van der Waals surface area contributed by atoms with Gasteiger partial charge in [-0.15, -0.1) is 0 Å². The Hall–Kier alpha value is -1.91. The van der Waals surface area contributed by atoms with E-state index in [1.165, 1.54) is 0 Å². The molecular formula is C12H15NO4. The van der Waals surface area contributed by atoms with Crippen LogP contribution in [0.2, 0.25) is 0 Å². The molecule has 0 fully saturated rings. The monoisotopic (exact) mass is 237 g/mol. The predicted octanol–water partition coefficient (Wildman–Crippen LogP) is 1.58. The number of carbonyl (C=O) groups is 1. The van der Waals surface area contributed by atoms with Gasteiger partial charge in [0, 0.05) is 6.54 Å². The van der Waals surface area contributed by atoms with E-state index in [0.717, 1.165) is 22.6 Å². The van der Waals surface area contributed by atoms with Gasteiger partial charge in [-0.05, 0) is 36.6 Å². The Morgan fingerprint density at radius 2 is 2.00 bits per heavy atom. The van der Waals surface area contributed by atoms with Crippen molar-refractivity contribution in [3.8, 4) is 11.5 Å². The van der Waals surface area contributed by atoms with Crippen molar-refractivity contribution < 1.29 is 19.4 Å². The number of ether oxygens (including phenoxy) is 2. The first-order valence-corrected chi connectivity index (χ1v) is 5.53. The van der Waals surface area contributed by atoms with Gasteiger partial charge in [-0.2, -0.15) is 0 Å². The van der Waals surface area contributed by atoms with Crippen LogP contribution < -0.4 is 14.8 Å². The van der Waals surface area contributed by atoms with Gasteiger partial charge < -0.3 is 19.9 Å². The van der Waals surface area contributed by atoms with Crippen molar-refractivity contribution in [2.24, 2.45) is 0 Å². The van der Waals surface area contributed by atoms with Crippen LogP contribution in [-0.4, -0.2) is 31.0 Å². The van der Waals surface area contributed by atoms with E-state index in [2.05, 4.69) is 5.32 Å². The second kappa shape index (κ2) is 4.95. The zero-order valence-corrected chi connectivity index (χ0v) is 9.66. The summed E-state index contributed by atoms with van der Waals surface area (Å²) in [6.45, 7) is 3.51. The van der Waals surface area contributed by atoms with Crippen molar-refractivity contribution in [3.63, 3.8) is 0 Å². The van der Waals surface area contributed by atoms with Gasteiger partial charge in [-0.25, -0.2) is 4.79 Å². The standard InChI is InChI=1S/C12H15NO4/c1-8-6-10-11(17-5-4-16-10)7-9(8)2-3-13-12(14)15/h6-7,13H,2-5H2,1H3,(H,14,15). The molecule has 5 heteroatoms. The molecule has 17 heavy (non-hydrogen) atoms. The number of hydrogen-bond donors (Lipinski definition) is 2. The lowest BCUT2D eigenvalue weighted by molar-refractivity contribution is 0.171. The van der Waals surface area contributed by atoms with Crippen molar-refractivity contribution in [1.29, 1.82) is 0 Å². The molecule has 2 N–H and O–H groups in total. The summed E-state index contributed by atoms with van der Waals surface area (Å²) >= 11 is 0. The maximum absolute atomic E-state index is 10.4. The molecule has 5 nitrogen and oxygen atoms in total. The minimum absolute atomic E-state index is 0.399. The number of amides is 1. The Morgan fingerprint density at radius 3 is 2.65 bits per heavy atom. The van der Waals surface area contributed by atoms with E-state index < -0.39 is 6.09 Å². The molecule has 0 aliphatic carbocycles. The van der Waals surface area contributed by atoms with Crippen molar-refractivity contribution in [2.75, 3.05) is 19.8 Å². The van der Waals surface area contributed by atoms with Crippen molar-refractivity contribution in [2.45, 2.75) is 13.3 Å². The van der Waals surface area contributed by atoms with Crippen LogP contribution >= 0.6 is 0 Å². The Kier molecular flexibility index (Phi) is 3.37. The number of nitrogens with one attached hydrogen (secondary N) is 1. The fourth-order valence-corrected chi connectivity index (χ4v) is 1.81. The first-order chi connectivity index (χ1) is 8.16. The van der Waals surface area contributed by atoms with Crippen molar-refractivity contribution in [3.05, 3.63) is 23.3 Å². The second-order valence-corrected chi connectivity index (χ2v) is 3.90. The maximum atomic E-state index is 10.4. The number of rotatable bonds is 3. The van der Waals surface area contributed by atoms with Crippen LogP contribution in [0.1, 0.15) is 11.1 Å². The summed E-state index contributed by atoms with van der Waals surface area (Å²) in [5.41, 5.74) is 2.16. The number of carboxylic acid groups (broad SMARTS) is 1. The van der Waals surface area contributed by atoms with E-state index in [1.807, 2.05) is 19.1 Å². The Balaban J connectivity index is 2.09. The smallest absolute Gasteiger partial charge is 0.404 e. The Morgan fingerprint density at radius 1 is 1.35 bits per heavy atom. The fourth-order valence-electron chi connectivity index (χ4n) is 1.81. The zero-order valence-electron chi connectivity index (χ0n) is 9.66. The van der Waals surface area contributed by atoms with E-state index in [4.69, 9.17) is 14.6 Å². The fraction of sp³-hybridized carbons (Fsp3) is 0.417. The van der Waals surface area contributed by atoms with Crippen LogP contribution in [0.3, 0.4) is 0 Å².